The molecule has 1 aromatic heterocycles. The van der Waals surface area contributed by atoms with Gasteiger partial charge in [-0.25, -0.2) is 0 Å². The van der Waals surface area contributed by atoms with Gasteiger partial charge in [-0.1, -0.05) is 36.2 Å². The lowest BCUT2D eigenvalue weighted by molar-refractivity contribution is 0.258. The number of aromatic nitrogens is 2. The Morgan fingerprint density at radius 1 is 1.23 bits per heavy atom. The van der Waals surface area contributed by atoms with Crippen molar-refractivity contribution >= 4 is 0 Å². The van der Waals surface area contributed by atoms with Crippen LogP contribution in [0.1, 0.15) is 55.3 Å². The third-order valence-electron chi connectivity index (χ3n) is 4.91. The van der Waals surface area contributed by atoms with Crippen molar-refractivity contribution in [1.29, 1.82) is 0 Å². The number of hydrogen-bond donors (Lipinski definition) is 1. The monoisotopic (exact) mass is 299 g/mol. The summed E-state index contributed by atoms with van der Waals surface area (Å²) in [6, 6.07) is 8.20. The normalized spacial score (nSPS) is 23.0. The molecule has 116 valence electrons. The molecule has 0 radical (unpaired) electrons. The molecule has 1 saturated carbocycles. The van der Waals surface area contributed by atoms with Gasteiger partial charge in [0.05, 0.1) is 12.1 Å². The summed E-state index contributed by atoms with van der Waals surface area (Å²) in [5, 5.41) is 4.15. The molecule has 2 N–H and O–H groups in total. The lowest BCUT2D eigenvalue weighted by atomic mass is 9.90. The van der Waals surface area contributed by atoms with Crippen LogP contribution in [-0.4, -0.2) is 16.7 Å². The van der Waals surface area contributed by atoms with E-state index in [-0.39, 0.29) is 5.54 Å². The van der Waals surface area contributed by atoms with Gasteiger partial charge < -0.3 is 15.0 Å². The molecule has 0 saturated heterocycles. The number of nitrogens with zero attached hydrogens (tertiary/aromatic N) is 2. The molecule has 1 unspecified atom stereocenters. The van der Waals surface area contributed by atoms with Crippen LogP contribution in [0.3, 0.4) is 0 Å². The van der Waals surface area contributed by atoms with Crippen LogP contribution in [0.15, 0.2) is 28.8 Å². The van der Waals surface area contributed by atoms with Crippen LogP contribution >= 0.6 is 0 Å². The zero-order valence-electron chi connectivity index (χ0n) is 12.6. The first kappa shape index (κ1) is 13.8. The molecular weight excluding hydrogens is 278 g/mol. The first-order valence-corrected chi connectivity index (χ1v) is 8.08. The van der Waals surface area contributed by atoms with Crippen LogP contribution in [0, 0.1) is 0 Å². The maximum atomic E-state index is 6.40. The lowest BCUT2D eigenvalue weighted by Gasteiger charge is -2.24. The van der Waals surface area contributed by atoms with Crippen molar-refractivity contribution in [2.24, 2.45) is 5.73 Å². The van der Waals surface area contributed by atoms with E-state index in [1.54, 1.807) is 0 Å². The van der Waals surface area contributed by atoms with Gasteiger partial charge in [0, 0.05) is 6.42 Å². The number of nitrogens with two attached hydrogens (primary N) is 1. The van der Waals surface area contributed by atoms with Gasteiger partial charge >= 0.3 is 0 Å². The Kier molecular flexibility index (Phi) is 3.37. The van der Waals surface area contributed by atoms with Crippen molar-refractivity contribution in [3.05, 3.63) is 41.5 Å². The molecule has 1 aliphatic heterocycles. The average Bonchev–Trinajstić information content (AvgIpc) is 3.18. The topological polar surface area (TPSA) is 74.2 Å². The first-order valence-electron chi connectivity index (χ1n) is 8.08. The van der Waals surface area contributed by atoms with Gasteiger partial charge in [-0.3, -0.25) is 0 Å². The highest BCUT2D eigenvalue weighted by molar-refractivity contribution is 5.38. The van der Waals surface area contributed by atoms with Crippen LogP contribution < -0.4 is 10.5 Å². The van der Waals surface area contributed by atoms with Crippen molar-refractivity contribution in [3.63, 3.8) is 0 Å². The van der Waals surface area contributed by atoms with E-state index < -0.39 is 0 Å². The fourth-order valence-corrected chi connectivity index (χ4v) is 3.61. The van der Waals surface area contributed by atoms with Crippen molar-refractivity contribution in [3.8, 4) is 5.75 Å². The second kappa shape index (κ2) is 5.39. The van der Waals surface area contributed by atoms with Crippen molar-refractivity contribution < 1.29 is 9.26 Å². The minimum atomic E-state index is -0.380. The van der Waals surface area contributed by atoms with Crippen molar-refractivity contribution in [1.82, 2.24) is 10.1 Å². The van der Waals surface area contributed by atoms with Crippen LogP contribution in [-0.2, 0) is 12.0 Å². The van der Waals surface area contributed by atoms with Gasteiger partial charge in [-0.05, 0) is 36.8 Å². The zero-order valence-corrected chi connectivity index (χ0v) is 12.6. The predicted octanol–water partition coefficient (Wildman–Crippen LogP) is 2.91. The molecule has 1 atom stereocenters. The Labute approximate surface area is 129 Å². The molecule has 22 heavy (non-hydrogen) atoms. The highest BCUT2D eigenvalue weighted by atomic mass is 16.5. The standard InChI is InChI=1S/C17H21N3O2/c18-17(8-3-4-9-17)16-19-15(22-20-16)11-12-7-10-21-14-6-2-1-5-13(12)14/h1-2,5-6,12H,3-4,7-11,18H2. The Balaban J connectivity index is 1.54. The summed E-state index contributed by atoms with van der Waals surface area (Å²) in [7, 11) is 0. The Hall–Kier alpha value is -1.88. The van der Waals surface area contributed by atoms with Gasteiger partial charge in [0.25, 0.3) is 0 Å². The Bertz CT molecular complexity index is 661. The SMILES string of the molecule is NC1(c2noc(CC3CCOc4ccccc43)n2)CCCC1. The molecule has 2 heterocycles. The van der Waals surface area contributed by atoms with E-state index in [0.717, 1.165) is 50.9 Å². The minimum absolute atomic E-state index is 0.371. The van der Waals surface area contributed by atoms with Crippen molar-refractivity contribution in [2.75, 3.05) is 6.61 Å². The molecule has 2 aliphatic rings. The quantitative estimate of drug-likeness (QED) is 0.943. The number of rotatable bonds is 3. The second-order valence-corrected chi connectivity index (χ2v) is 6.45. The fourth-order valence-electron chi connectivity index (χ4n) is 3.61. The molecule has 2 aromatic rings. The highest BCUT2D eigenvalue weighted by Crippen LogP contribution is 2.37. The Morgan fingerprint density at radius 2 is 2.05 bits per heavy atom. The summed E-state index contributed by atoms with van der Waals surface area (Å²) < 4.78 is 11.2. The summed E-state index contributed by atoms with van der Waals surface area (Å²) in [6.07, 6.45) is 5.92. The zero-order chi connectivity index (χ0) is 15.0. The molecule has 5 nitrogen and oxygen atoms in total. The van der Waals surface area contributed by atoms with Gasteiger partial charge in [0.15, 0.2) is 5.82 Å². The molecule has 0 spiro atoms. The summed E-state index contributed by atoms with van der Waals surface area (Å²) in [5.41, 5.74) is 7.25. The number of fused-ring (bicyclic) bond motifs is 1. The largest absolute Gasteiger partial charge is 0.493 e. The highest BCUT2D eigenvalue weighted by Gasteiger charge is 2.36. The predicted molar refractivity (Wildman–Crippen MR) is 81.6 cm³/mol. The molecule has 1 aromatic carbocycles. The molecule has 5 heteroatoms. The van der Waals surface area contributed by atoms with Crippen molar-refractivity contribution in [2.45, 2.75) is 50.0 Å². The van der Waals surface area contributed by atoms with Gasteiger partial charge in [-0.15, -0.1) is 0 Å². The summed E-state index contributed by atoms with van der Waals surface area (Å²) in [4.78, 5) is 4.59. The molecule has 4 rings (SSSR count). The molecule has 0 amide bonds. The van der Waals surface area contributed by atoms with Crippen LogP contribution in [0.5, 0.6) is 5.75 Å². The first-order chi connectivity index (χ1) is 10.7. The molecule has 0 bridgehead atoms. The summed E-state index contributed by atoms with van der Waals surface area (Å²) in [5.74, 6) is 2.72. The maximum Gasteiger partial charge on any atom is 0.227 e. The maximum absolute atomic E-state index is 6.40. The van der Waals surface area contributed by atoms with Gasteiger partial charge in [-0.2, -0.15) is 4.98 Å². The van der Waals surface area contributed by atoms with E-state index in [4.69, 9.17) is 15.0 Å². The van der Waals surface area contributed by atoms with Crippen LogP contribution in [0.4, 0.5) is 0 Å². The van der Waals surface area contributed by atoms with Gasteiger partial charge in [0.2, 0.25) is 5.89 Å². The molecular formula is C17H21N3O2. The molecule has 1 fully saturated rings. The number of benzene rings is 1. The summed E-state index contributed by atoms with van der Waals surface area (Å²) >= 11 is 0. The van der Waals surface area contributed by atoms with E-state index >= 15 is 0 Å². The smallest absolute Gasteiger partial charge is 0.227 e. The minimum Gasteiger partial charge on any atom is -0.493 e. The summed E-state index contributed by atoms with van der Waals surface area (Å²) in [6.45, 7) is 0.740. The van der Waals surface area contributed by atoms with E-state index in [9.17, 15) is 0 Å². The van der Waals surface area contributed by atoms with E-state index in [1.807, 2.05) is 18.2 Å². The van der Waals surface area contributed by atoms with Crippen LogP contribution in [0.2, 0.25) is 0 Å². The average molecular weight is 299 g/mol. The number of hydrogen-bond acceptors (Lipinski definition) is 5. The molecule has 1 aliphatic carbocycles. The lowest BCUT2D eigenvalue weighted by Crippen LogP contribution is -2.34. The van der Waals surface area contributed by atoms with E-state index in [0.29, 0.717) is 17.6 Å². The van der Waals surface area contributed by atoms with E-state index in [2.05, 4.69) is 16.2 Å². The van der Waals surface area contributed by atoms with Crippen LogP contribution in [0.25, 0.3) is 0 Å². The van der Waals surface area contributed by atoms with Gasteiger partial charge in [0.1, 0.15) is 5.75 Å². The number of para-hydroxylation sites is 1. The third-order valence-corrected chi connectivity index (χ3v) is 4.91. The number of ether oxygens (including phenoxy) is 1. The Morgan fingerprint density at radius 3 is 2.91 bits per heavy atom. The third kappa shape index (κ3) is 2.39. The second-order valence-electron chi connectivity index (χ2n) is 6.45. The fraction of sp³-hybridized carbons (Fsp3) is 0.529. The van der Waals surface area contributed by atoms with E-state index in [1.165, 1.54) is 5.56 Å².